The van der Waals surface area contributed by atoms with Crippen LogP contribution < -0.4 is 11.2 Å². The van der Waals surface area contributed by atoms with Crippen molar-refractivity contribution in [1.82, 2.24) is 14.3 Å². The van der Waals surface area contributed by atoms with Crippen LogP contribution in [-0.2, 0) is 0 Å². The molecule has 2 rings (SSSR count). The number of rotatable bonds is 2. The second kappa shape index (κ2) is 4.79. The molecular formula is C13H14FN3O2. The Labute approximate surface area is 108 Å². The lowest BCUT2D eigenvalue weighted by Crippen LogP contribution is -2.42. The molecule has 0 aliphatic heterocycles. The normalized spacial score (nSPS) is 11.0. The van der Waals surface area contributed by atoms with Crippen LogP contribution in [-0.4, -0.2) is 14.3 Å². The van der Waals surface area contributed by atoms with Crippen molar-refractivity contribution in [2.45, 2.75) is 26.8 Å². The second-order valence-corrected chi connectivity index (χ2v) is 4.52. The summed E-state index contributed by atoms with van der Waals surface area (Å²) in [5.41, 5.74) is -0.473. The third-order valence-corrected chi connectivity index (χ3v) is 2.73. The van der Waals surface area contributed by atoms with Crippen molar-refractivity contribution >= 4 is 0 Å². The highest BCUT2D eigenvalue weighted by Gasteiger charge is 2.13. The van der Waals surface area contributed by atoms with E-state index in [0.29, 0.717) is 5.69 Å². The van der Waals surface area contributed by atoms with Crippen LogP contribution >= 0.6 is 0 Å². The molecule has 0 fully saturated rings. The van der Waals surface area contributed by atoms with Crippen LogP contribution in [0.25, 0.3) is 5.69 Å². The van der Waals surface area contributed by atoms with Crippen molar-refractivity contribution in [3.8, 4) is 5.69 Å². The Kier molecular flexibility index (Phi) is 3.33. The first-order valence-corrected chi connectivity index (χ1v) is 5.90. The van der Waals surface area contributed by atoms with E-state index in [2.05, 4.69) is 5.10 Å². The van der Waals surface area contributed by atoms with Gasteiger partial charge in [-0.1, -0.05) is 0 Å². The Morgan fingerprint density at radius 1 is 1.16 bits per heavy atom. The molecule has 0 saturated heterocycles. The van der Waals surface area contributed by atoms with Crippen LogP contribution in [0.15, 0.2) is 33.9 Å². The van der Waals surface area contributed by atoms with E-state index in [0.717, 1.165) is 4.57 Å². The lowest BCUT2D eigenvalue weighted by molar-refractivity contribution is 0.466. The SMILES string of the molecule is Cc1nn(C(C)C)c(=O)n(-c2ccc(F)cc2)c1=O. The fourth-order valence-corrected chi connectivity index (χ4v) is 1.75. The topological polar surface area (TPSA) is 56.9 Å². The van der Waals surface area contributed by atoms with E-state index >= 15 is 0 Å². The van der Waals surface area contributed by atoms with Gasteiger partial charge in [0.15, 0.2) is 0 Å². The highest BCUT2D eigenvalue weighted by Crippen LogP contribution is 2.05. The number of aryl methyl sites for hydroxylation is 1. The zero-order valence-electron chi connectivity index (χ0n) is 10.9. The summed E-state index contributed by atoms with van der Waals surface area (Å²) in [6.07, 6.45) is 0. The number of nitrogens with zero attached hydrogens (tertiary/aromatic N) is 3. The summed E-state index contributed by atoms with van der Waals surface area (Å²) < 4.78 is 15.1. The van der Waals surface area contributed by atoms with Gasteiger partial charge in [-0.05, 0) is 45.0 Å². The molecule has 0 saturated carbocycles. The predicted octanol–water partition coefficient (Wildman–Crippen LogP) is 1.42. The van der Waals surface area contributed by atoms with Crippen LogP contribution in [0, 0.1) is 12.7 Å². The van der Waals surface area contributed by atoms with E-state index < -0.39 is 17.1 Å². The molecule has 0 aliphatic carbocycles. The van der Waals surface area contributed by atoms with Gasteiger partial charge in [0.2, 0.25) is 0 Å². The molecule has 0 N–H and O–H groups in total. The van der Waals surface area contributed by atoms with Crippen molar-refractivity contribution < 1.29 is 4.39 Å². The summed E-state index contributed by atoms with van der Waals surface area (Å²) in [5.74, 6) is -0.424. The Bertz CT molecular complexity index is 714. The van der Waals surface area contributed by atoms with Crippen molar-refractivity contribution in [2.24, 2.45) is 0 Å². The van der Waals surface area contributed by atoms with Gasteiger partial charge in [0.25, 0.3) is 5.56 Å². The molecule has 2 aromatic rings. The average molecular weight is 263 g/mol. The van der Waals surface area contributed by atoms with Gasteiger partial charge in [-0.3, -0.25) is 4.79 Å². The van der Waals surface area contributed by atoms with E-state index in [4.69, 9.17) is 0 Å². The minimum Gasteiger partial charge on any atom is -0.267 e. The molecule has 0 radical (unpaired) electrons. The van der Waals surface area contributed by atoms with Crippen LogP contribution in [0.4, 0.5) is 4.39 Å². The van der Waals surface area contributed by atoms with Crippen molar-refractivity contribution in [3.05, 3.63) is 56.6 Å². The lowest BCUT2D eigenvalue weighted by atomic mass is 10.3. The first kappa shape index (κ1) is 13.2. The summed E-state index contributed by atoms with van der Waals surface area (Å²) >= 11 is 0. The predicted molar refractivity (Wildman–Crippen MR) is 69.2 cm³/mol. The number of halogens is 1. The van der Waals surface area contributed by atoms with Crippen LogP contribution in [0.1, 0.15) is 25.6 Å². The molecule has 0 atom stereocenters. The molecule has 6 heteroatoms. The molecule has 5 nitrogen and oxygen atoms in total. The average Bonchev–Trinajstić information content (AvgIpc) is 2.36. The number of benzene rings is 1. The fraction of sp³-hybridized carbons (Fsp3) is 0.308. The molecular weight excluding hydrogens is 249 g/mol. The van der Waals surface area contributed by atoms with Crippen LogP contribution in [0.5, 0.6) is 0 Å². The fourth-order valence-electron chi connectivity index (χ4n) is 1.75. The quantitative estimate of drug-likeness (QED) is 0.823. The van der Waals surface area contributed by atoms with Gasteiger partial charge in [0.1, 0.15) is 11.5 Å². The third kappa shape index (κ3) is 2.33. The van der Waals surface area contributed by atoms with Gasteiger partial charge < -0.3 is 0 Å². The van der Waals surface area contributed by atoms with Gasteiger partial charge >= 0.3 is 5.69 Å². The second-order valence-electron chi connectivity index (χ2n) is 4.52. The molecule has 0 amide bonds. The monoisotopic (exact) mass is 263 g/mol. The highest BCUT2D eigenvalue weighted by atomic mass is 19.1. The molecule has 100 valence electrons. The Morgan fingerprint density at radius 3 is 2.26 bits per heavy atom. The molecule has 1 aromatic heterocycles. The van der Waals surface area contributed by atoms with E-state index in [-0.39, 0.29) is 11.7 Å². The largest absolute Gasteiger partial charge is 0.352 e. The Balaban J connectivity index is 2.79. The van der Waals surface area contributed by atoms with Crippen LogP contribution in [0.3, 0.4) is 0 Å². The van der Waals surface area contributed by atoms with Crippen molar-refractivity contribution in [3.63, 3.8) is 0 Å². The maximum Gasteiger partial charge on any atom is 0.352 e. The van der Waals surface area contributed by atoms with Crippen molar-refractivity contribution in [2.75, 3.05) is 0 Å². The maximum atomic E-state index is 12.9. The van der Waals surface area contributed by atoms with E-state index in [1.807, 2.05) is 0 Å². The zero-order valence-corrected chi connectivity index (χ0v) is 10.9. The van der Waals surface area contributed by atoms with Crippen molar-refractivity contribution in [1.29, 1.82) is 0 Å². The smallest absolute Gasteiger partial charge is 0.267 e. The highest BCUT2D eigenvalue weighted by molar-refractivity contribution is 5.31. The summed E-state index contributed by atoms with van der Waals surface area (Å²) in [6, 6.07) is 5.02. The van der Waals surface area contributed by atoms with E-state index in [1.165, 1.54) is 28.9 Å². The Morgan fingerprint density at radius 2 is 1.74 bits per heavy atom. The zero-order chi connectivity index (χ0) is 14.2. The molecule has 19 heavy (non-hydrogen) atoms. The molecule has 0 unspecified atom stereocenters. The minimum atomic E-state index is -0.530. The van der Waals surface area contributed by atoms with Crippen LogP contribution in [0.2, 0.25) is 0 Å². The summed E-state index contributed by atoms with van der Waals surface area (Å²) in [6.45, 7) is 5.14. The van der Waals surface area contributed by atoms with Gasteiger partial charge in [-0.2, -0.15) is 5.10 Å². The van der Waals surface area contributed by atoms with Gasteiger partial charge in [0.05, 0.1) is 11.7 Å². The van der Waals surface area contributed by atoms with Gasteiger partial charge in [0, 0.05) is 0 Å². The lowest BCUT2D eigenvalue weighted by Gasteiger charge is -2.12. The first-order valence-electron chi connectivity index (χ1n) is 5.90. The summed E-state index contributed by atoms with van der Waals surface area (Å²) in [4.78, 5) is 24.3. The molecule has 0 aliphatic rings. The van der Waals surface area contributed by atoms with E-state index in [9.17, 15) is 14.0 Å². The van der Waals surface area contributed by atoms with E-state index in [1.54, 1.807) is 20.8 Å². The first-order chi connectivity index (χ1) is 8.91. The molecule has 0 spiro atoms. The molecule has 1 heterocycles. The molecule has 0 bridgehead atoms. The minimum absolute atomic E-state index is 0.168. The summed E-state index contributed by atoms with van der Waals surface area (Å²) in [5, 5.41) is 3.97. The number of hydrogen-bond acceptors (Lipinski definition) is 3. The van der Waals surface area contributed by atoms with Gasteiger partial charge in [-0.25, -0.2) is 18.4 Å². The summed E-state index contributed by atoms with van der Waals surface area (Å²) in [7, 11) is 0. The molecule has 1 aromatic carbocycles. The third-order valence-electron chi connectivity index (χ3n) is 2.73. The van der Waals surface area contributed by atoms with Gasteiger partial charge in [-0.15, -0.1) is 0 Å². The maximum absolute atomic E-state index is 12.9. The standard InChI is InChI=1S/C13H14FN3O2/c1-8(2)17-13(19)16(12(18)9(3)15-17)11-6-4-10(14)5-7-11/h4-8H,1-3H3. The number of aromatic nitrogens is 3. The number of hydrogen-bond donors (Lipinski definition) is 0. The Hall–Kier alpha value is -2.24.